The van der Waals surface area contributed by atoms with E-state index in [4.69, 9.17) is 9.97 Å². The molecule has 3 aliphatic heterocycles. The summed E-state index contributed by atoms with van der Waals surface area (Å²) in [5.74, 6) is 0.529. The fourth-order valence-electron chi connectivity index (χ4n) is 7.91. The predicted octanol–water partition coefficient (Wildman–Crippen LogP) is 8.48. The van der Waals surface area contributed by atoms with Crippen molar-refractivity contribution in [3.05, 3.63) is 69.6 Å². The maximum atomic E-state index is 12.2. The summed E-state index contributed by atoms with van der Waals surface area (Å²) in [6.45, 7) is 17.2. The van der Waals surface area contributed by atoms with Gasteiger partial charge in [0.2, 0.25) is 0 Å². The van der Waals surface area contributed by atoms with Gasteiger partial charge >= 0.3 is 0 Å². The summed E-state index contributed by atoms with van der Waals surface area (Å²) < 4.78 is 0. The van der Waals surface area contributed by atoms with Gasteiger partial charge in [0.25, 0.3) is 0 Å². The van der Waals surface area contributed by atoms with Crippen LogP contribution in [0.25, 0.3) is 22.2 Å². The number of aliphatic hydroxyl groups is 2. The van der Waals surface area contributed by atoms with Gasteiger partial charge in [-0.1, -0.05) is 55.4 Å². The Morgan fingerprint density at radius 2 is 1.07 bits per heavy atom. The normalized spacial score (nSPS) is 24.8. The number of nitrogens with zero attached hydrogens (tertiary/aromatic N) is 2. The molecule has 0 aromatic carbocycles. The Labute approximate surface area is 251 Å². The fraction of sp³-hybridized carbons (Fsp3) is 0.556. The summed E-state index contributed by atoms with van der Waals surface area (Å²) in [5, 5.41) is 24.4. The van der Waals surface area contributed by atoms with Crippen molar-refractivity contribution >= 4 is 22.2 Å². The van der Waals surface area contributed by atoms with Crippen LogP contribution in [0.3, 0.4) is 0 Å². The molecule has 5 rings (SSSR count). The van der Waals surface area contributed by atoms with Crippen molar-refractivity contribution < 1.29 is 10.2 Å². The lowest BCUT2D eigenvalue weighted by molar-refractivity contribution is -0.162. The zero-order chi connectivity index (χ0) is 30.4. The lowest BCUT2D eigenvalue weighted by atomic mass is 9.76. The largest absolute Gasteiger partial charge is 0.380 e. The van der Waals surface area contributed by atoms with Gasteiger partial charge in [-0.15, -0.1) is 0 Å². The number of aryl methyl sites for hydroxylation is 2. The van der Waals surface area contributed by atoms with E-state index in [-0.39, 0.29) is 11.8 Å². The van der Waals surface area contributed by atoms with Gasteiger partial charge in [0.15, 0.2) is 0 Å². The van der Waals surface area contributed by atoms with E-state index in [0.717, 1.165) is 72.3 Å². The van der Waals surface area contributed by atoms with Crippen LogP contribution in [-0.2, 0) is 24.0 Å². The van der Waals surface area contributed by atoms with E-state index in [1.54, 1.807) is 0 Å². The highest BCUT2D eigenvalue weighted by atomic mass is 16.4. The van der Waals surface area contributed by atoms with Crippen LogP contribution in [0.4, 0.5) is 0 Å². The molecule has 0 saturated carbocycles. The van der Waals surface area contributed by atoms with Gasteiger partial charge in [0, 0.05) is 34.3 Å². The van der Waals surface area contributed by atoms with Gasteiger partial charge in [-0.25, -0.2) is 4.98 Å². The minimum Gasteiger partial charge on any atom is -0.380 e. The molecular formula is C36H50N4O2. The average Bonchev–Trinajstić information content (AvgIpc) is 3.68. The number of hydrogen-bond donors (Lipinski definition) is 4. The third kappa shape index (κ3) is 4.44. The lowest BCUT2D eigenvalue weighted by Crippen LogP contribution is -2.45. The van der Waals surface area contributed by atoms with Crippen molar-refractivity contribution in [3.63, 3.8) is 0 Å². The minimum atomic E-state index is -1.47. The molecule has 226 valence electrons. The molecular weight excluding hydrogens is 520 g/mol. The summed E-state index contributed by atoms with van der Waals surface area (Å²) >= 11 is 0. The average molecular weight is 571 g/mol. The minimum absolute atomic E-state index is 0.240. The van der Waals surface area contributed by atoms with E-state index in [1.807, 2.05) is 26.0 Å². The molecule has 2 aromatic heterocycles. The summed E-state index contributed by atoms with van der Waals surface area (Å²) in [7, 11) is 0. The second-order valence-electron chi connectivity index (χ2n) is 12.1. The third-order valence-electron chi connectivity index (χ3n) is 10.3. The first kappa shape index (κ1) is 30.5. The molecule has 8 bridgehead atoms. The number of rotatable bonds is 8. The molecule has 4 atom stereocenters. The highest BCUT2D eigenvalue weighted by Crippen LogP contribution is 2.50. The Hall–Kier alpha value is -2.96. The highest BCUT2D eigenvalue weighted by Gasteiger charge is 2.54. The molecule has 6 nitrogen and oxygen atoms in total. The summed E-state index contributed by atoms with van der Waals surface area (Å²) in [5.41, 5.74) is 9.59. The molecule has 0 radical (unpaired) electrons. The number of aromatic amines is 2. The van der Waals surface area contributed by atoms with Crippen LogP contribution in [0, 0.1) is 0 Å². The highest BCUT2D eigenvalue weighted by molar-refractivity contribution is 5.93. The van der Waals surface area contributed by atoms with Crippen LogP contribution in [0.5, 0.6) is 0 Å². The number of H-pyrrole nitrogens is 2. The molecule has 3 aliphatic rings. The number of aromatic nitrogens is 4. The molecule has 0 spiro atoms. The fourth-order valence-corrected chi connectivity index (χ4v) is 7.91. The SMILES string of the molecule is CCC1=C(CC)c2cc3[nH]c(cc4nc(cc5[nH]c(cc1n2)C(O)(CC)C5(O)CC)C(CC)C4CC)c(CC)c3CC. The molecule has 0 aliphatic carbocycles. The van der Waals surface area contributed by atoms with Crippen molar-refractivity contribution in [2.45, 2.75) is 130 Å². The maximum absolute atomic E-state index is 12.2. The predicted molar refractivity (Wildman–Crippen MR) is 173 cm³/mol. The molecule has 0 fully saturated rings. The van der Waals surface area contributed by atoms with Gasteiger partial charge in [-0.3, -0.25) is 4.98 Å². The van der Waals surface area contributed by atoms with Gasteiger partial charge in [-0.05, 0) is 97.9 Å². The first-order valence-corrected chi connectivity index (χ1v) is 16.4. The van der Waals surface area contributed by atoms with Crippen LogP contribution < -0.4 is 0 Å². The Morgan fingerprint density at radius 1 is 0.595 bits per heavy atom. The van der Waals surface area contributed by atoms with Crippen LogP contribution in [0.15, 0.2) is 24.3 Å². The number of fused-ring (bicyclic) bond motifs is 8. The van der Waals surface area contributed by atoms with Crippen LogP contribution in [0.1, 0.15) is 151 Å². The molecule has 0 amide bonds. The van der Waals surface area contributed by atoms with E-state index in [9.17, 15) is 10.2 Å². The van der Waals surface area contributed by atoms with Crippen molar-refractivity contribution in [1.82, 2.24) is 19.9 Å². The monoisotopic (exact) mass is 570 g/mol. The summed E-state index contributed by atoms with van der Waals surface area (Å²) in [6.07, 6.45) is 6.26. The second kappa shape index (κ2) is 11.6. The molecule has 0 saturated heterocycles. The van der Waals surface area contributed by atoms with E-state index in [2.05, 4.69) is 63.6 Å². The maximum Gasteiger partial charge on any atom is 0.138 e. The standard InChI is InChI=1S/C36H50N4O2/c1-9-21-22(10-2)28-18-30-24(12-4)26(14-6)32(39-30)20-34-36(42,16-8)35(41,15-7)33(40-34)19-31-25(13-5)23(11-3)29(38-31)17-27(21)37-28/h17-20,23,25,37,40-42H,9-16H2,1-8H3. The Morgan fingerprint density at radius 3 is 1.55 bits per heavy atom. The van der Waals surface area contributed by atoms with E-state index >= 15 is 0 Å². The van der Waals surface area contributed by atoms with E-state index in [0.29, 0.717) is 24.2 Å². The van der Waals surface area contributed by atoms with E-state index < -0.39 is 11.2 Å². The topological polar surface area (TPSA) is 97.8 Å². The second-order valence-corrected chi connectivity index (χ2v) is 12.1. The zero-order valence-electron chi connectivity index (χ0n) is 26.9. The lowest BCUT2D eigenvalue weighted by Gasteiger charge is -2.37. The van der Waals surface area contributed by atoms with Gasteiger partial charge in [0.1, 0.15) is 11.2 Å². The quantitative estimate of drug-likeness (QED) is 0.256. The molecule has 2 aromatic rings. The molecule has 42 heavy (non-hydrogen) atoms. The third-order valence-corrected chi connectivity index (χ3v) is 10.3. The number of hydrogen-bond acceptors (Lipinski definition) is 4. The van der Waals surface area contributed by atoms with Crippen molar-refractivity contribution in [1.29, 1.82) is 0 Å². The molecule has 4 unspecified atom stereocenters. The summed E-state index contributed by atoms with van der Waals surface area (Å²) in [4.78, 5) is 17.7. The van der Waals surface area contributed by atoms with Crippen LogP contribution >= 0.6 is 0 Å². The van der Waals surface area contributed by atoms with E-state index in [1.165, 1.54) is 22.3 Å². The molecule has 6 heteroatoms. The van der Waals surface area contributed by atoms with Crippen LogP contribution in [0.2, 0.25) is 0 Å². The van der Waals surface area contributed by atoms with Crippen molar-refractivity contribution in [2.75, 3.05) is 0 Å². The Kier molecular flexibility index (Phi) is 8.43. The van der Waals surface area contributed by atoms with Crippen molar-refractivity contribution in [2.24, 2.45) is 0 Å². The molecule has 5 heterocycles. The first-order chi connectivity index (χ1) is 20.2. The van der Waals surface area contributed by atoms with Crippen molar-refractivity contribution in [3.8, 4) is 0 Å². The summed E-state index contributed by atoms with van der Waals surface area (Å²) in [6, 6.07) is 8.51. The van der Waals surface area contributed by atoms with Gasteiger partial charge in [-0.2, -0.15) is 0 Å². The molecule has 4 N–H and O–H groups in total. The number of allylic oxidation sites excluding steroid dienone is 2. The first-order valence-electron chi connectivity index (χ1n) is 16.4. The smallest absolute Gasteiger partial charge is 0.138 e. The van der Waals surface area contributed by atoms with Gasteiger partial charge in [0.05, 0.1) is 22.8 Å². The number of nitrogens with one attached hydrogen (secondary N) is 2. The Balaban J connectivity index is 2.00. The Bertz CT molecular complexity index is 1580. The van der Waals surface area contributed by atoms with Crippen LogP contribution in [-0.4, -0.2) is 30.1 Å². The van der Waals surface area contributed by atoms with Gasteiger partial charge < -0.3 is 20.2 Å². The zero-order valence-corrected chi connectivity index (χ0v) is 26.9.